The highest BCUT2D eigenvalue weighted by molar-refractivity contribution is 5.94. The fourth-order valence-electron chi connectivity index (χ4n) is 1.80. The second-order valence-corrected chi connectivity index (χ2v) is 4.39. The molecule has 7 nitrogen and oxygen atoms in total. The lowest BCUT2D eigenvalue weighted by Crippen LogP contribution is -2.33. The van der Waals surface area contributed by atoms with Crippen LogP contribution in [-0.4, -0.2) is 20.8 Å². The standard InChI is InChI=1S/C13H14N4O3/c1-7-3-4-8(2)9(5-7)17-11(19)6-10(18)12(16-17)13(20)15-14/h3-6,18H,14H2,1-2H3,(H,15,20). The lowest BCUT2D eigenvalue weighted by atomic mass is 10.1. The minimum atomic E-state index is -0.776. The van der Waals surface area contributed by atoms with E-state index < -0.39 is 17.2 Å². The largest absolute Gasteiger partial charge is 0.505 e. The number of nitrogens with two attached hydrogens (primary N) is 1. The maximum absolute atomic E-state index is 11.9. The van der Waals surface area contributed by atoms with Crippen molar-refractivity contribution in [1.82, 2.24) is 15.2 Å². The van der Waals surface area contributed by atoms with E-state index in [2.05, 4.69) is 5.10 Å². The Morgan fingerprint density at radius 2 is 2.05 bits per heavy atom. The lowest BCUT2D eigenvalue weighted by Gasteiger charge is -2.11. The molecule has 2 aromatic rings. The van der Waals surface area contributed by atoms with E-state index in [9.17, 15) is 14.7 Å². The Morgan fingerprint density at radius 1 is 1.35 bits per heavy atom. The van der Waals surface area contributed by atoms with Gasteiger partial charge in [-0.3, -0.25) is 15.0 Å². The first-order valence-corrected chi connectivity index (χ1v) is 5.86. The van der Waals surface area contributed by atoms with Gasteiger partial charge in [-0.2, -0.15) is 9.78 Å². The van der Waals surface area contributed by atoms with Crippen molar-refractivity contribution >= 4 is 5.91 Å². The van der Waals surface area contributed by atoms with Crippen LogP contribution in [0.5, 0.6) is 5.75 Å². The molecule has 1 amide bonds. The van der Waals surface area contributed by atoms with E-state index in [0.717, 1.165) is 21.9 Å². The van der Waals surface area contributed by atoms with E-state index in [4.69, 9.17) is 5.84 Å². The number of nitrogen functional groups attached to an aromatic ring is 1. The van der Waals surface area contributed by atoms with E-state index in [1.165, 1.54) is 0 Å². The van der Waals surface area contributed by atoms with Crippen molar-refractivity contribution in [2.75, 3.05) is 0 Å². The second kappa shape index (κ2) is 5.14. The van der Waals surface area contributed by atoms with Gasteiger partial charge < -0.3 is 5.11 Å². The van der Waals surface area contributed by atoms with E-state index >= 15 is 0 Å². The van der Waals surface area contributed by atoms with Gasteiger partial charge in [0.15, 0.2) is 11.4 Å². The molecule has 104 valence electrons. The first-order valence-electron chi connectivity index (χ1n) is 5.86. The number of aryl methyl sites for hydroxylation is 2. The third-order valence-corrected chi connectivity index (χ3v) is 2.85. The van der Waals surface area contributed by atoms with Crippen LogP contribution in [0.1, 0.15) is 21.6 Å². The van der Waals surface area contributed by atoms with Gasteiger partial charge in [-0.25, -0.2) is 5.84 Å². The van der Waals surface area contributed by atoms with Gasteiger partial charge in [0.05, 0.1) is 5.69 Å². The summed E-state index contributed by atoms with van der Waals surface area (Å²) in [6.45, 7) is 3.69. The summed E-state index contributed by atoms with van der Waals surface area (Å²) in [5.74, 6) is 3.73. The number of aromatic nitrogens is 2. The van der Waals surface area contributed by atoms with Crippen LogP contribution in [-0.2, 0) is 0 Å². The topological polar surface area (TPSA) is 110 Å². The van der Waals surface area contributed by atoms with Gasteiger partial charge >= 0.3 is 0 Å². The third kappa shape index (κ3) is 2.39. The van der Waals surface area contributed by atoms with Crippen LogP contribution in [0, 0.1) is 13.8 Å². The number of amides is 1. The zero-order valence-corrected chi connectivity index (χ0v) is 11.0. The van der Waals surface area contributed by atoms with Crippen LogP contribution in [0.25, 0.3) is 5.69 Å². The predicted molar refractivity (Wildman–Crippen MR) is 72.6 cm³/mol. The number of hydrazine groups is 1. The van der Waals surface area contributed by atoms with Gasteiger partial charge in [0.2, 0.25) is 0 Å². The summed E-state index contributed by atoms with van der Waals surface area (Å²) in [7, 11) is 0. The molecular formula is C13H14N4O3. The first-order chi connectivity index (χ1) is 9.43. The van der Waals surface area contributed by atoms with Gasteiger partial charge in [-0.1, -0.05) is 12.1 Å². The molecule has 20 heavy (non-hydrogen) atoms. The molecule has 0 spiro atoms. The van der Waals surface area contributed by atoms with Gasteiger partial charge in [-0.15, -0.1) is 0 Å². The molecule has 7 heteroatoms. The van der Waals surface area contributed by atoms with Crippen molar-refractivity contribution in [3.63, 3.8) is 0 Å². The number of hydrogen-bond acceptors (Lipinski definition) is 5. The molecule has 0 saturated carbocycles. The average molecular weight is 274 g/mol. The molecule has 0 aliphatic rings. The van der Waals surface area contributed by atoms with Crippen molar-refractivity contribution in [1.29, 1.82) is 0 Å². The number of nitrogens with zero attached hydrogens (tertiary/aromatic N) is 2. The van der Waals surface area contributed by atoms with Crippen LogP contribution < -0.4 is 16.8 Å². The molecule has 0 aliphatic carbocycles. The molecule has 0 saturated heterocycles. The molecule has 0 aliphatic heterocycles. The first kappa shape index (κ1) is 13.8. The number of aromatic hydroxyl groups is 1. The summed E-state index contributed by atoms with van der Waals surface area (Å²) in [5, 5.41) is 13.5. The van der Waals surface area contributed by atoms with E-state index in [-0.39, 0.29) is 5.69 Å². The zero-order valence-electron chi connectivity index (χ0n) is 11.0. The Hall–Kier alpha value is -2.67. The van der Waals surface area contributed by atoms with Crippen LogP contribution in [0.2, 0.25) is 0 Å². The summed E-state index contributed by atoms with van der Waals surface area (Å²) < 4.78 is 1.06. The second-order valence-electron chi connectivity index (χ2n) is 4.39. The summed E-state index contributed by atoms with van der Waals surface area (Å²) in [6, 6.07) is 6.44. The van der Waals surface area contributed by atoms with Gasteiger partial charge in [0.1, 0.15) is 0 Å². The van der Waals surface area contributed by atoms with Crippen molar-refractivity contribution in [2.45, 2.75) is 13.8 Å². The van der Waals surface area contributed by atoms with Crippen LogP contribution in [0.15, 0.2) is 29.1 Å². The van der Waals surface area contributed by atoms with Crippen LogP contribution in [0.4, 0.5) is 0 Å². The molecule has 1 aromatic heterocycles. The summed E-state index contributed by atoms with van der Waals surface area (Å²) in [6.07, 6.45) is 0. The summed E-state index contributed by atoms with van der Waals surface area (Å²) >= 11 is 0. The molecular weight excluding hydrogens is 260 g/mol. The third-order valence-electron chi connectivity index (χ3n) is 2.85. The molecule has 2 rings (SSSR count). The van der Waals surface area contributed by atoms with Gasteiger partial charge in [0, 0.05) is 6.07 Å². The molecule has 4 N–H and O–H groups in total. The maximum atomic E-state index is 11.9. The Morgan fingerprint density at radius 3 is 2.70 bits per heavy atom. The van der Waals surface area contributed by atoms with Gasteiger partial charge in [0.25, 0.3) is 11.5 Å². The van der Waals surface area contributed by atoms with E-state index in [1.54, 1.807) is 6.07 Å². The average Bonchev–Trinajstić information content (AvgIpc) is 2.41. The van der Waals surface area contributed by atoms with Crippen LogP contribution in [0.3, 0.4) is 0 Å². The normalized spacial score (nSPS) is 10.3. The fourth-order valence-corrected chi connectivity index (χ4v) is 1.80. The number of carbonyl (C=O) groups excluding carboxylic acids is 1. The van der Waals surface area contributed by atoms with E-state index in [0.29, 0.717) is 5.69 Å². The van der Waals surface area contributed by atoms with Gasteiger partial charge in [-0.05, 0) is 31.0 Å². The predicted octanol–water partition coefficient (Wildman–Crippen LogP) is 0.158. The van der Waals surface area contributed by atoms with Crippen molar-refractivity contribution in [2.24, 2.45) is 5.84 Å². The molecule has 1 heterocycles. The Labute approximate surface area is 114 Å². The Bertz CT molecular complexity index is 737. The highest BCUT2D eigenvalue weighted by atomic mass is 16.3. The minimum absolute atomic E-state index is 0.312. The number of nitrogens with one attached hydrogen (secondary N) is 1. The summed E-state index contributed by atoms with van der Waals surface area (Å²) in [4.78, 5) is 23.5. The van der Waals surface area contributed by atoms with E-state index in [1.807, 2.05) is 31.4 Å². The molecule has 0 radical (unpaired) electrons. The quantitative estimate of drug-likeness (QED) is 0.410. The smallest absolute Gasteiger partial charge is 0.289 e. The minimum Gasteiger partial charge on any atom is -0.505 e. The number of hydrogen-bond donors (Lipinski definition) is 3. The number of benzene rings is 1. The number of rotatable bonds is 2. The van der Waals surface area contributed by atoms with Crippen molar-refractivity contribution < 1.29 is 9.90 Å². The van der Waals surface area contributed by atoms with Crippen LogP contribution >= 0.6 is 0 Å². The molecule has 0 atom stereocenters. The monoisotopic (exact) mass is 274 g/mol. The SMILES string of the molecule is Cc1ccc(C)c(-n2nc(C(=O)NN)c(O)cc2=O)c1. The molecule has 0 bridgehead atoms. The number of carbonyl (C=O) groups is 1. The molecule has 0 unspecified atom stereocenters. The molecule has 0 fully saturated rings. The molecule has 1 aromatic carbocycles. The Balaban J connectivity index is 2.71. The fraction of sp³-hybridized carbons (Fsp3) is 0.154. The Kier molecular flexibility index (Phi) is 3.53. The zero-order chi connectivity index (χ0) is 14.9. The highest BCUT2D eigenvalue weighted by Gasteiger charge is 2.16. The maximum Gasteiger partial charge on any atom is 0.289 e. The summed E-state index contributed by atoms with van der Waals surface area (Å²) in [5.41, 5.74) is 3.32. The van der Waals surface area contributed by atoms with Crippen molar-refractivity contribution in [3.8, 4) is 11.4 Å². The lowest BCUT2D eigenvalue weighted by molar-refractivity contribution is 0.0943. The van der Waals surface area contributed by atoms with Crippen molar-refractivity contribution in [3.05, 3.63) is 51.4 Å². The highest BCUT2D eigenvalue weighted by Crippen LogP contribution is 2.16.